The van der Waals surface area contributed by atoms with Crippen LogP contribution in [-0.2, 0) is 9.59 Å². The molecule has 4 rings (SSSR count). The third-order valence-corrected chi connectivity index (χ3v) is 3.93. The molecule has 0 saturated heterocycles. The summed E-state index contributed by atoms with van der Waals surface area (Å²) >= 11 is 0. The fourth-order valence-electron chi connectivity index (χ4n) is 2.86. The summed E-state index contributed by atoms with van der Waals surface area (Å²) in [6.45, 7) is 1.44. The molecule has 1 aromatic heterocycles. The Morgan fingerprint density at radius 2 is 2.12 bits per heavy atom. The number of nitrogens with zero attached hydrogens (tertiary/aromatic N) is 1. The number of para-hydroxylation sites is 1. The van der Waals surface area contributed by atoms with E-state index in [1.807, 2.05) is 36.4 Å². The number of nitrogens with one attached hydrogen (secondary N) is 3. The molecule has 6 nitrogen and oxygen atoms in total. The Morgan fingerprint density at radius 1 is 1.25 bits per heavy atom. The number of rotatable bonds is 2. The molecule has 2 amide bonds. The SMILES string of the molecule is CC(=O)Nc1cccc2c1NC(=O)C2=Cc1ccc2cn[nH]c2c1. The quantitative estimate of drug-likeness (QED) is 0.635. The molecule has 118 valence electrons. The van der Waals surface area contributed by atoms with Gasteiger partial charge in [0.05, 0.1) is 23.1 Å². The zero-order chi connectivity index (χ0) is 16.7. The number of hydrogen-bond acceptors (Lipinski definition) is 3. The van der Waals surface area contributed by atoms with Crippen LogP contribution in [0.1, 0.15) is 18.1 Å². The first-order valence-electron chi connectivity index (χ1n) is 7.49. The first-order valence-corrected chi connectivity index (χ1v) is 7.49. The highest BCUT2D eigenvalue weighted by molar-refractivity contribution is 6.36. The number of aromatic nitrogens is 2. The highest BCUT2D eigenvalue weighted by atomic mass is 16.2. The van der Waals surface area contributed by atoms with Gasteiger partial charge in [0.15, 0.2) is 0 Å². The molecule has 3 N–H and O–H groups in total. The highest BCUT2D eigenvalue weighted by Crippen LogP contribution is 2.38. The van der Waals surface area contributed by atoms with E-state index >= 15 is 0 Å². The van der Waals surface area contributed by atoms with E-state index in [0.29, 0.717) is 16.9 Å². The normalized spacial score (nSPS) is 14.7. The Hall–Kier alpha value is -3.41. The van der Waals surface area contributed by atoms with Gasteiger partial charge in [0.2, 0.25) is 5.91 Å². The van der Waals surface area contributed by atoms with Crippen molar-refractivity contribution in [3.63, 3.8) is 0 Å². The zero-order valence-electron chi connectivity index (χ0n) is 12.9. The first-order chi connectivity index (χ1) is 11.6. The molecule has 6 heteroatoms. The molecule has 0 aliphatic carbocycles. The largest absolute Gasteiger partial charge is 0.325 e. The predicted octanol–water partition coefficient (Wildman–Crippen LogP) is 3.01. The maximum Gasteiger partial charge on any atom is 0.256 e. The number of anilines is 2. The van der Waals surface area contributed by atoms with Gasteiger partial charge in [-0.3, -0.25) is 14.7 Å². The van der Waals surface area contributed by atoms with Crippen LogP contribution in [0.3, 0.4) is 0 Å². The van der Waals surface area contributed by atoms with E-state index in [0.717, 1.165) is 22.0 Å². The van der Waals surface area contributed by atoms with Crippen LogP contribution in [0, 0.1) is 0 Å². The van der Waals surface area contributed by atoms with E-state index in [4.69, 9.17) is 0 Å². The molecular weight excluding hydrogens is 304 g/mol. The van der Waals surface area contributed by atoms with Gasteiger partial charge in [0.25, 0.3) is 5.91 Å². The van der Waals surface area contributed by atoms with E-state index in [1.165, 1.54) is 6.92 Å². The number of fused-ring (bicyclic) bond motifs is 2. The standard InChI is InChI=1S/C18H14N4O2/c1-10(23)20-15-4-2-3-13-14(18(24)21-17(13)15)7-11-5-6-12-9-19-22-16(12)8-11/h2-9H,1H3,(H,19,22)(H,20,23)(H,21,24). The lowest BCUT2D eigenvalue weighted by molar-refractivity contribution is -0.114. The Morgan fingerprint density at radius 3 is 2.96 bits per heavy atom. The summed E-state index contributed by atoms with van der Waals surface area (Å²) in [5, 5.41) is 13.5. The van der Waals surface area contributed by atoms with Gasteiger partial charge in [-0.25, -0.2) is 0 Å². The van der Waals surface area contributed by atoms with Crippen molar-refractivity contribution in [3.05, 3.63) is 53.7 Å². The van der Waals surface area contributed by atoms with Gasteiger partial charge in [-0.1, -0.05) is 24.3 Å². The highest BCUT2D eigenvalue weighted by Gasteiger charge is 2.26. The van der Waals surface area contributed by atoms with E-state index in [-0.39, 0.29) is 11.8 Å². The monoisotopic (exact) mass is 318 g/mol. The van der Waals surface area contributed by atoms with Crippen molar-refractivity contribution in [1.29, 1.82) is 0 Å². The van der Waals surface area contributed by atoms with Gasteiger partial charge in [0.1, 0.15) is 0 Å². The fourth-order valence-corrected chi connectivity index (χ4v) is 2.86. The van der Waals surface area contributed by atoms with Gasteiger partial charge in [0, 0.05) is 23.4 Å². The maximum absolute atomic E-state index is 12.4. The molecule has 0 radical (unpaired) electrons. The molecule has 2 heterocycles. The van der Waals surface area contributed by atoms with Crippen LogP contribution < -0.4 is 10.6 Å². The minimum atomic E-state index is -0.187. The Labute approximate surface area is 137 Å². The van der Waals surface area contributed by atoms with Crippen LogP contribution in [-0.4, -0.2) is 22.0 Å². The minimum Gasteiger partial charge on any atom is -0.325 e. The lowest BCUT2D eigenvalue weighted by Gasteiger charge is -2.07. The van der Waals surface area contributed by atoms with Crippen molar-refractivity contribution < 1.29 is 9.59 Å². The van der Waals surface area contributed by atoms with Crippen LogP contribution in [0.4, 0.5) is 11.4 Å². The number of amides is 2. The maximum atomic E-state index is 12.4. The summed E-state index contributed by atoms with van der Waals surface area (Å²) in [6, 6.07) is 11.3. The number of H-pyrrole nitrogens is 1. The van der Waals surface area contributed by atoms with Gasteiger partial charge < -0.3 is 10.6 Å². The zero-order valence-corrected chi connectivity index (χ0v) is 12.9. The first kappa shape index (κ1) is 14.2. The molecule has 1 aliphatic heterocycles. The second kappa shape index (κ2) is 5.34. The van der Waals surface area contributed by atoms with Crippen molar-refractivity contribution in [3.8, 4) is 0 Å². The lowest BCUT2D eigenvalue weighted by atomic mass is 10.0. The van der Waals surface area contributed by atoms with Gasteiger partial charge in [-0.2, -0.15) is 5.10 Å². The van der Waals surface area contributed by atoms with Gasteiger partial charge in [-0.05, 0) is 23.8 Å². The van der Waals surface area contributed by atoms with E-state index in [9.17, 15) is 9.59 Å². The van der Waals surface area contributed by atoms with Crippen LogP contribution in [0.25, 0.3) is 22.6 Å². The smallest absolute Gasteiger partial charge is 0.256 e. The molecule has 24 heavy (non-hydrogen) atoms. The number of carbonyl (C=O) groups is 2. The molecule has 0 atom stereocenters. The van der Waals surface area contributed by atoms with Crippen molar-refractivity contribution in [2.45, 2.75) is 6.92 Å². The Kier molecular flexibility index (Phi) is 3.16. The second-order valence-electron chi connectivity index (χ2n) is 5.64. The summed E-state index contributed by atoms with van der Waals surface area (Å²) < 4.78 is 0. The van der Waals surface area contributed by atoms with E-state index in [1.54, 1.807) is 12.3 Å². The van der Waals surface area contributed by atoms with E-state index < -0.39 is 0 Å². The van der Waals surface area contributed by atoms with Gasteiger partial charge >= 0.3 is 0 Å². The summed E-state index contributed by atoms with van der Waals surface area (Å²) in [5.74, 6) is -0.368. The molecular formula is C18H14N4O2. The number of benzene rings is 2. The average Bonchev–Trinajstić information content (AvgIpc) is 3.13. The fraction of sp³-hybridized carbons (Fsp3) is 0.0556. The third-order valence-electron chi connectivity index (χ3n) is 3.93. The summed E-state index contributed by atoms with van der Waals surface area (Å²) in [5.41, 5.74) is 4.38. The van der Waals surface area contributed by atoms with E-state index in [2.05, 4.69) is 20.8 Å². The predicted molar refractivity (Wildman–Crippen MR) is 93.3 cm³/mol. The Balaban J connectivity index is 1.80. The molecule has 0 bridgehead atoms. The van der Waals surface area contributed by atoms with Crippen molar-refractivity contribution in [2.24, 2.45) is 0 Å². The molecule has 0 spiro atoms. The molecule has 2 aromatic carbocycles. The Bertz CT molecular complexity index is 1020. The van der Waals surface area contributed by atoms with Crippen LogP contribution >= 0.6 is 0 Å². The number of aromatic amines is 1. The van der Waals surface area contributed by atoms with Crippen LogP contribution in [0.2, 0.25) is 0 Å². The molecule has 0 saturated carbocycles. The molecule has 1 aliphatic rings. The van der Waals surface area contributed by atoms with Gasteiger partial charge in [-0.15, -0.1) is 0 Å². The topological polar surface area (TPSA) is 86.9 Å². The summed E-state index contributed by atoms with van der Waals surface area (Å²) in [6.07, 6.45) is 3.59. The van der Waals surface area contributed by atoms with Crippen molar-refractivity contribution in [2.75, 3.05) is 10.6 Å². The third kappa shape index (κ3) is 2.34. The van der Waals surface area contributed by atoms with Crippen LogP contribution in [0.15, 0.2) is 42.6 Å². The summed E-state index contributed by atoms with van der Waals surface area (Å²) in [4.78, 5) is 23.7. The van der Waals surface area contributed by atoms with Crippen molar-refractivity contribution in [1.82, 2.24) is 10.2 Å². The second-order valence-corrected chi connectivity index (χ2v) is 5.64. The summed E-state index contributed by atoms with van der Waals surface area (Å²) in [7, 11) is 0. The number of hydrogen-bond donors (Lipinski definition) is 3. The van der Waals surface area contributed by atoms with Crippen molar-refractivity contribution >= 4 is 45.7 Å². The molecule has 0 unspecified atom stereocenters. The van der Waals surface area contributed by atoms with Crippen LogP contribution in [0.5, 0.6) is 0 Å². The lowest BCUT2D eigenvalue weighted by Crippen LogP contribution is -2.09. The number of carbonyl (C=O) groups excluding carboxylic acids is 2. The minimum absolute atomic E-state index is 0.181. The average molecular weight is 318 g/mol. The molecule has 0 fully saturated rings. The molecule has 3 aromatic rings.